The van der Waals surface area contributed by atoms with Crippen molar-refractivity contribution in [2.75, 3.05) is 18.6 Å². The molecule has 0 atom stereocenters. The fourth-order valence-corrected chi connectivity index (χ4v) is 3.83. The summed E-state index contributed by atoms with van der Waals surface area (Å²) < 4.78 is 5.45. The van der Waals surface area contributed by atoms with Crippen LogP contribution in [0, 0.1) is 13.8 Å². The lowest BCUT2D eigenvalue weighted by molar-refractivity contribution is -0.123. The van der Waals surface area contributed by atoms with E-state index in [0.29, 0.717) is 25.1 Å². The minimum absolute atomic E-state index is 0.0950. The normalized spacial score (nSPS) is 13.7. The third-order valence-electron chi connectivity index (χ3n) is 5.76. The van der Waals surface area contributed by atoms with Crippen molar-refractivity contribution in [2.24, 2.45) is 5.10 Å². The van der Waals surface area contributed by atoms with Crippen molar-refractivity contribution in [3.8, 4) is 11.3 Å². The Morgan fingerprint density at radius 1 is 1.09 bits per heavy atom. The van der Waals surface area contributed by atoms with E-state index in [9.17, 15) is 9.59 Å². The van der Waals surface area contributed by atoms with Crippen LogP contribution in [0.3, 0.4) is 0 Å². The molecule has 170 valence electrons. The quantitative estimate of drug-likeness (QED) is 0.536. The van der Waals surface area contributed by atoms with Gasteiger partial charge in [0.25, 0.3) is 5.91 Å². The molecule has 0 radical (unpaired) electrons. The molecule has 0 saturated heterocycles. The monoisotopic (exact) mass is 444 g/mol. The van der Waals surface area contributed by atoms with Gasteiger partial charge in [-0.3, -0.25) is 9.59 Å². The third kappa shape index (κ3) is 5.19. The number of aryl methyl sites for hydroxylation is 3. The SMILES string of the molecule is Cc1ccc(C)c(N2N=C(C(=O)N(C)CCCc3cc(-c4ccccc4)no3)CCC2=O)c1. The van der Waals surface area contributed by atoms with Crippen LogP contribution in [0.25, 0.3) is 11.3 Å². The highest BCUT2D eigenvalue weighted by molar-refractivity contribution is 6.40. The average Bonchev–Trinajstić information content (AvgIpc) is 3.30. The summed E-state index contributed by atoms with van der Waals surface area (Å²) in [7, 11) is 1.76. The van der Waals surface area contributed by atoms with Crippen LogP contribution in [-0.2, 0) is 16.0 Å². The summed E-state index contributed by atoms with van der Waals surface area (Å²) in [6.07, 6.45) is 2.04. The minimum Gasteiger partial charge on any atom is -0.361 e. The maximum absolute atomic E-state index is 13.0. The minimum atomic E-state index is -0.152. The molecule has 1 aromatic heterocycles. The van der Waals surface area contributed by atoms with E-state index in [1.54, 1.807) is 11.9 Å². The van der Waals surface area contributed by atoms with E-state index in [4.69, 9.17) is 4.52 Å². The molecule has 2 heterocycles. The molecule has 0 N–H and O–H groups in total. The molecule has 0 unspecified atom stereocenters. The Kier molecular flexibility index (Phi) is 6.68. The van der Waals surface area contributed by atoms with Gasteiger partial charge in [-0.05, 0) is 37.5 Å². The van der Waals surface area contributed by atoms with E-state index in [1.165, 1.54) is 5.01 Å². The topological polar surface area (TPSA) is 79.0 Å². The van der Waals surface area contributed by atoms with E-state index in [1.807, 2.05) is 68.4 Å². The fourth-order valence-electron chi connectivity index (χ4n) is 3.83. The second-order valence-corrected chi connectivity index (χ2v) is 8.42. The summed E-state index contributed by atoms with van der Waals surface area (Å²) >= 11 is 0. The number of amides is 2. The molecule has 0 bridgehead atoms. The van der Waals surface area contributed by atoms with E-state index in [0.717, 1.165) is 40.3 Å². The van der Waals surface area contributed by atoms with Gasteiger partial charge in [0.15, 0.2) is 0 Å². The number of hydrogen-bond acceptors (Lipinski definition) is 5. The van der Waals surface area contributed by atoms with Gasteiger partial charge in [0.05, 0.1) is 5.69 Å². The summed E-state index contributed by atoms with van der Waals surface area (Å²) in [4.78, 5) is 27.2. The Labute approximate surface area is 193 Å². The Morgan fingerprint density at radius 3 is 2.67 bits per heavy atom. The zero-order valence-corrected chi connectivity index (χ0v) is 19.2. The van der Waals surface area contributed by atoms with Crippen LogP contribution in [0.5, 0.6) is 0 Å². The molecule has 7 nitrogen and oxygen atoms in total. The van der Waals surface area contributed by atoms with E-state index in [2.05, 4.69) is 10.3 Å². The first-order valence-corrected chi connectivity index (χ1v) is 11.2. The van der Waals surface area contributed by atoms with E-state index < -0.39 is 0 Å². The Hall–Kier alpha value is -3.74. The lowest BCUT2D eigenvalue weighted by Gasteiger charge is -2.26. The summed E-state index contributed by atoms with van der Waals surface area (Å²) in [6, 6.07) is 17.7. The van der Waals surface area contributed by atoms with E-state index in [-0.39, 0.29) is 18.2 Å². The standard InChI is InChI=1S/C26H28N4O3/c1-18-11-12-19(2)24(16-18)30-25(31)14-13-22(27-30)26(32)29(3)15-7-10-21-17-23(28-33-21)20-8-5-4-6-9-20/h4-6,8-9,11-12,16-17H,7,10,13-15H2,1-3H3. The molecule has 33 heavy (non-hydrogen) atoms. The molecule has 1 aliphatic heterocycles. The molecule has 2 amide bonds. The molecule has 0 fully saturated rings. The van der Waals surface area contributed by atoms with Gasteiger partial charge in [-0.15, -0.1) is 0 Å². The van der Waals surface area contributed by atoms with E-state index >= 15 is 0 Å². The number of carbonyl (C=O) groups is 2. The number of carbonyl (C=O) groups excluding carboxylic acids is 2. The molecule has 3 aromatic rings. The van der Waals surface area contributed by atoms with Crippen molar-refractivity contribution in [3.05, 3.63) is 71.5 Å². The maximum atomic E-state index is 13.0. The van der Waals surface area contributed by atoms with Gasteiger partial charge in [-0.2, -0.15) is 5.10 Å². The lowest BCUT2D eigenvalue weighted by Crippen LogP contribution is -2.40. The fraction of sp³-hybridized carbons (Fsp3) is 0.308. The first kappa shape index (κ1) is 22.5. The van der Waals surface area contributed by atoms with Crippen LogP contribution in [-0.4, -0.2) is 41.2 Å². The Morgan fingerprint density at radius 2 is 1.88 bits per heavy atom. The van der Waals surface area contributed by atoms with Crippen molar-refractivity contribution < 1.29 is 14.1 Å². The van der Waals surface area contributed by atoms with Crippen molar-refractivity contribution in [1.29, 1.82) is 0 Å². The van der Waals surface area contributed by atoms with Crippen molar-refractivity contribution >= 4 is 23.2 Å². The average molecular weight is 445 g/mol. The molecule has 0 saturated carbocycles. The van der Waals surface area contributed by atoms with Crippen molar-refractivity contribution in [2.45, 2.75) is 39.5 Å². The highest BCUT2D eigenvalue weighted by Gasteiger charge is 2.28. The predicted octanol–water partition coefficient (Wildman–Crippen LogP) is 4.53. The van der Waals surface area contributed by atoms with Gasteiger partial charge in [-0.25, -0.2) is 5.01 Å². The number of hydrogen-bond donors (Lipinski definition) is 0. The van der Waals surface area contributed by atoms with Crippen LogP contribution in [0.4, 0.5) is 5.69 Å². The number of rotatable bonds is 7. The Balaban J connectivity index is 1.37. The number of hydrazone groups is 1. The van der Waals surface area contributed by atoms with Gasteiger partial charge in [0, 0.05) is 44.5 Å². The van der Waals surface area contributed by atoms with Crippen LogP contribution in [0.1, 0.15) is 36.1 Å². The summed E-state index contributed by atoms with van der Waals surface area (Å²) in [5, 5.41) is 9.96. The summed E-state index contributed by atoms with van der Waals surface area (Å²) in [6.45, 7) is 4.46. The summed E-state index contributed by atoms with van der Waals surface area (Å²) in [5.74, 6) is 0.541. The number of nitrogens with zero attached hydrogens (tertiary/aromatic N) is 4. The highest BCUT2D eigenvalue weighted by atomic mass is 16.5. The second-order valence-electron chi connectivity index (χ2n) is 8.42. The first-order chi connectivity index (χ1) is 15.9. The number of anilines is 1. The molecule has 0 aliphatic carbocycles. The van der Waals surface area contributed by atoms with Crippen LogP contribution in [0.15, 0.2) is 64.2 Å². The third-order valence-corrected chi connectivity index (χ3v) is 5.76. The lowest BCUT2D eigenvalue weighted by atomic mass is 10.1. The van der Waals surface area contributed by atoms with Crippen molar-refractivity contribution in [1.82, 2.24) is 10.1 Å². The smallest absolute Gasteiger partial charge is 0.269 e. The molecular formula is C26H28N4O3. The largest absolute Gasteiger partial charge is 0.361 e. The molecule has 1 aliphatic rings. The maximum Gasteiger partial charge on any atom is 0.269 e. The summed E-state index contributed by atoms with van der Waals surface area (Å²) in [5.41, 5.74) is 4.94. The molecule has 7 heteroatoms. The molecule has 0 spiro atoms. The van der Waals surface area contributed by atoms with Gasteiger partial charge in [-0.1, -0.05) is 47.6 Å². The highest BCUT2D eigenvalue weighted by Crippen LogP contribution is 2.26. The second kappa shape index (κ2) is 9.81. The molecule has 4 rings (SSSR count). The Bertz CT molecular complexity index is 1180. The number of benzene rings is 2. The zero-order valence-electron chi connectivity index (χ0n) is 19.2. The van der Waals surface area contributed by atoms with Gasteiger partial charge in [0.1, 0.15) is 17.2 Å². The van der Waals surface area contributed by atoms with Crippen LogP contribution >= 0.6 is 0 Å². The number of aromatic nitrogens is 1. The first-order valence-electron chi connectivity index (χ1n) is 11.2. The van der Waals surface area contributed by atoms with Crippen molar-refractivity contribution in [3.63, 3.8) is 0 Å². The molecular weight excluding hydrogens is 416 g/mol. The van der Waals surface area contributed by atoms with Crippen LogP contribution in [0.2, 0.25) is 0 Å². The van der Waals surface area contributed by atoms with Gasteiger partial charge >= 0.3 is 0 Å². The zero-order chi connectivity index (χ0) is 23.4. The molecule has 2 aromatic carbocycles. The van der Waals surface area contributed by atoms with Gasteiger partial charge in [0.2, 0.25) is 5.91 Å². The predicted molar refractivity (Wildman–Crippen MR) is 128 cm³/mol. The van der Waals surface area contributed by atoms with Crippen LogP contribution < -0.4 is 5.01 Å². The van der Waals surface area contributed by atoms with Gasteiger partial charge < -0.3 is 9.42 Å².